The van der Waals surface area contributed by atoms with E-state index in [4.69, 9.17) is 0 Å². The van der Waals surface area contributed by atoms with Gasteiger partial charge in [-0.2, -0.15) is 0 Å². The first-order valence-corrected chi connectivity index (χ1v) is 7.41. The molecule has 0 atom stereocenters. The lowest BCUT2D eigenvalue weighted by molar-refractivity contribution is 0.0950. The topological polar surface area (TPSA) is 58.2 Å². The molecule has 112 valence electrons. The van der Waals surface area contributed by atoms with E-state index in [0.29, 0.717) is 22.9 Å². The molecule has 3 rings (SSSR count). The van der Waals surface area contributed by atoms with E-state index in [1.165, 1.54) is 0 Å². The van der Waals surface area contributed by atoms with Gasteiger partial charge in [0, 0.05) is 22.9 Å². The molecule has 0 aliphatic heterocycles. The fourth-order valence-electron chi connectivity index (χ4n) is 2.11. The molecule has 1 aliphatic rings. The van der Waals surface area contributed by atoms with E-state index < -0.39 is 0 Å². The summed E-state index contributed by atoms with van der Waals surface area (Å²) in [5.41, 5.74) is 3.01. The number of hydrogen-bond acceptors (Lipinski definition) is 2. The van der Waals surface area contributed by atoms with Crippen LogP contribution in [0.5, 0.6) is 0 Å². The molecular weight excluding hydrogens is 276 g/mol. The molecule has 1 aliphatic carbocycles. The summed E-state index contributed by atoms with van der Waals surface area (Å²) in [6.07, 6.45) is 2.13. The Labute approximate surface area is 129 Å². The Morgan fingerprint density at radius 1 is 0.864 bits per heavy atom. The highest BCUT2D eigenvalue weighted by molar-refractivity contribution is 6.04. The number of hydrogen-bond donors (Lipinski definition) is 2. The van der Waals surface area contributed by atoms with Crippen LogP contribution in [0, 0.1) is 6.92 Å². The smallest absolute Gasteiger partial charge is 0.255 e. The van der Waals surface area contributed by atoms with Gasteiger partial charge in [-0.25, -0.2) is 0 Å². The van der Waals surface area contributed by atoms with E-state index in [-0.39, 0.29) is 11.8 Å². The molecule has 1 fully saturated rings. The number of amides is 2. The average molecular weight is 294 g/mol. The number of nitrogens with one attached hydrogen (secondary N) is 2. The first-order chi connectivity index (χ1) is 10.6. The molecule has 0 saturated heterocycles. The molecule has 0 heterocycles. The first-order valence-electron chi connectivity index (χ1n) is 7.41. The Kier molecular flexibility index (Phi) is 3.92. The van der Waals surface area contributed by atoms with Gasteiger partial charge in [0.05, 0.1) is 0 Å². The highest BCUT2D eigenvalue weighted by Gasteiger charge is 2.23. The normalized spacial score (nSPS) is 13.5. The molecule has 0 aromatic heterocycles. The molecule has 0 bridgehead atoms. The third-order valence-electron chi connectivity index (χ3n) is 3.63. The lowest BCUT2D eigenvalue weighted by Crippen LogP contribution is -2.25. The van der Waals surface area contributed by atoms with E-state index in [1.54, 1.807) is 36.4 Å². The van der Waals surface area contributed by atoms with Crippen molar-refractivity contribution in [3.8, 4) is 0 Å². The lowest BCUT2D eigenvalue weighted by Gasteiger charge is -2.07. The van der Waals surface area contributed by atoms with Crippen molar-refractivity contribution in [1.82, 2.24) is 5.32 Å². The highest BCUT2D eigenvalue weighted by Crippen LogP contribution is 2.19. The molecule has 2 amide bonds. The number of carbonyl (C=O) groups is 2. The van der Waals surface area contributed by atoms with Crippen LogP contribution in [0.25, 0.3) is 0 Å². The van der Waals surface area contributed by atoms with Crippen LogP contribution in [0.1, 0.15) is 39.1 Å². The second-order valence-corrected chi connectivity index (χ2v) is 5.65. The first kappa shape index (κ1) is 14.3. The van der Waals surface area contributed by atoms with Gasteiger partial charge in [-0.05, 0) is 56.2 Å². The van der Waals surface area contributed by atoms with Gasteiger partial charge in [-0.15, -0.1) is 0 Å². The van der Waals surface area contributed by atoms with Crippen molar-refractivity contribution < 1.29 is 9.59 Å². The summed E-state index contributed by atoms with van der Waals surface area (Å²) in [6, 6.07) is 14.7. The van der Waals surface area contributed by atoms with Gasteiger partial charge in [0.2, 0.25) is 0 Å². The zero-order valence-electron chi connectivity index (χ0n) is 12.4. The Morgan fingerprint density at radius 2 is 1.41 bits per heavy atom. The maximum Gasteiger partial charge on any atom is 0.255 e. The summed E-state index contributed by atoms with van der Waals surface area (Å²) in [5.74, 6) is -0.214. The minimum atomic E-state index is -0.157. The van der Waals surface area contributed by atoms with Gasteiger partial charge in [0.25, 0.3) is 11.8 Å². The third kappa shape index (κ3) is 3.52. The molecule has 2 aromatic carbocycles. The molecule has 0 radical (unpaired) electrons. The Balaban J connectivity index is 1.63. The average Bonchev–Trinajstić information content (AvgIpc) is 3.32. The van der Waals surface area contributed by atoms with Crippen LogP contribution in [0.2, 0.25) is 0 Å². The highest BCUT2D eigenvalue weighted by atomic mass is 16.2. The standard InChI is InChI=1S/C18H18N2O2/c1-12-2-4-13(5-3-12)17(21)19-15-8-6-14(7-9-15)18(22)20-16-10-11-16/h2-9,16H,10-11H2,1H3,(H,19,21)(H,20,22). The Morgan fingerprint density at radius 3 is 2.00 bits per heavy atom. The van der Waals surface area contributed by atoms with Crippen molar-refractivity contribution >= 4 is 17.5 Å². The van der Waals surface area contributed by atoms with E-state index >= 15 is 0 Å². The van der Waals surface area contributed by atoms with Crippen LogP contribution in [-0.4, -0.2) is 17.9 Å². The van der Waals surface area contributed by atoms with Crippen LogP contribution in [0.4, 0.5) is 5.69 Å². The maximum absolute atomic E-state index is 12.1. The summed E-state index contributed by atoms with van der Waals surface area (Å²) in [4.78, 5) is 24.0. The number of aryl methyl sites for hydroxylation is 1. The second-order valence-electron chi connectivity index (χ2n) is 5.65. The van der Waals surface area contributed by atoms with Crippen LogP contribution in [-0.2, 0) is 0 Å². The van der Waals surface area contributed by atoms with Crippen molar-refractivity contribution in [2.45, 2.75) is 25.8 Å². The molecule has 22 heavy (non-hydrogen) atoms. The zero-order chi connectivity index (χ0) is 15.5. The van der Waals surface area contributed by atoms with Crippen molar-refractivity contribution in [3.05, 3.63) is 65.2 Å². The second kappa shape index (κ2) is 6.02. The summed E-state index contributed by atoms with van der Waals surface area (Å²) in [5, 5.41) is 5.76. The summed E-state index contributed by atoms with van der Waals surface area (Å²) in [6.45, 7) is 1.98. The maximum atomic E-state index is 12.1. The fraction of sp³-hybridized carbons (Fsp3) is 0.222. The Bertz CT molecular complexity index is 686. The number of benzene rings is 2. The molecular formula is C18H18N2O2. The fourth-order valence-corrected chi connectivity index (χ4v) is 2.11. The van der Waals surface area contributed by atoms with E-state index in [0.717, 1.165) is 18.4 Å². The number of anilines is 1. The van der Waals surface area contributed by atoms with Gasteiger partial charge in [0.15, 0.2) is 0 Å². The number of carbonyl (C=O) groups excluding carboxylic acids is 2. The van der Waals surface area contributed by atoms with Gasteiger partial charge in [-0.3, -0.25) is 9.59 Å². The lowest BCUT2D eigenvalue weighted by atomic mass is 10.1. The van der Waals surface area contributed by atoms with Crippen molar-refractivity contribution in [2.75, 3.05) is 5.32 Å². The third-order valence-corrected chi connectivity index (χ3v) is 3.63. The largest absolute Gasteiger partial charge is 0.349 e. The molecule has 0 unspecified atom stereocenters. The van der Waals surface area contributed by atoms with Crippen LogP contribution in [0.15, 0.2) is 48.5 Å². The van der Waals surface area contributed by atoms with Crippen LogP contribution >= 0.6 is 0 Å². The summed E-state index contributed by atoms with van der Waals surface area (Å²) >= 11 is 0. The van der Waals surface area contributed by atoms with E-state index in [2.05, 4.69) is 10.6 Å². The predicted molar refractivity (Wildman–Crippen MR) is 86.1 cm³/mol. The molecule has 1 saturated carbocycles. The van der Waals surface area contributed by atoms with Crippen molar-refractivity contribution in [2.24, 2.45) is 0 Å². The van der Waals surface area contributed by atoms with Gasteiger partial charge < -0.3 is 10.6 Å². The van der Waals surface area contributed by atoms with Gasteiger partial charge in [-0.1, -0.05) is 17.7 Å². The quantitative estimate of drug-likeness (QED) is 0.910. The van der Waals surface area contributed by atoms with Crippen LogP contribution in [0.3, 0.4) is 0 Å². The van der Waals surface area contributed by atoms with Crippen molar-refractivity contribution in [1.29, 1.82) is 0 Å². The van der Waals surface area contributed by atoms with E-state index in [9.17, 15) is 9.59 Å². The van der Waals surface area contributed by atoms with Crippen molar-refractivity contribution in [3.63, 3.8) is 0 Å². The SMILES string of the molecule is Cc1ccc(C(=O)Nc2ccc(C(=O)NC3CC3)cc2)cc1. The van der Waals surface area contributed by atoms with E-state index in [1.807, 2.05) is 19.1 Å². The number of rotatable bonds is 4. The minimum absolute atomic E-state index is 0.0566. The zero-order valence-corrected chi connectivity index (χ0v) is 12.4. The van der Waals surface area contributed by atoms with Gasteiger partial charge in [0.1, 0.15) is 0 Å². The summed E-state index contributed by atoms with van der Waals surface area (Å²) in [7, 11) is 0. The van der Waals surface area contributed by atoms with Crippen LogP contribution < -0.4 is 10.6 Å². The molecule has 2 N–H and O–H groups in total. The van der Waals surface area contributed by atoms with Gasteiger partial charge >= 0.3 is 0 Å². The summed E-state index contributed by atoms with van der Waals surface area (Å²) < 4.78 is 0. The molecule has 4 nitrogen and oxygen atoms in total. The molecule has 0 spiro atoms. The molecule has 4 heteroatoms. The monoisotopic (exact) mass is 294 g/mol. The molecule has 2 aromatic rings. The predicted octanol–water partition coefficient (Wildman–Crippen LogP) is 3.14. The minimum Gasteiger partial charge on any atom is -0.349 e. The Hall–Kier alpha value is -2.62.